The molecule has 0 aromatic heterocycles. The van der Waals surface area contributed by atoms with Gasteiger partial charge in [0.05, 0.1) is 0 Å². The molecule has 2 atom stereocenters. The summed E-state index contributed by atoms with van der Waals surface area (Å²) in [5.41, 5.74) is 6.22. The Morgan fingerprint density at radius 2 is 1.94 bits per heavy atom. The largest absolute Gasteiger partial charge is 0.364 e. The van der Waals surface area contributed by atoms with Crippen LogP contribution >= 0.6 is 0 Å². The van der Waals surface area contributed by atoms with Gasteiger partial charge >= 0.3 is 0 Å². The van der Waals surface area contributed by atoms with Crippen molar-refractivity contribution in [1.29, 1.82) is 0 Å². The highest BCUT2D eigenvalue weighted by molar-refractivity contribution is 5.53. The van der Waals surface area contributed by atoms with Crippen molar-refractivity contribution in [1.82, 2.24) is 0 Å². The van der Waals surface area contributed by atoms with E-state index >= 15 is 0 Å². The molecule has 2 nitrogen and oxygen atoms in total. The molecular formula is C14H18F2N2. The van der Waals surface area contributed by atoms with Crippen LogP contribution in [-0.4, -0.2) is 19.1 Å². The third-order valence-electron chi connectivity index (χ3n) is 4.21. The summed E-state index contributed by atoms with van der Waals surface area (Å²) >= 11 is 0. The molecule has 0 radical (unpaired) electrons. The van der Waals surface area contributed by atoms with Crippen LogP contribution in [0, 0.1) is 17.6 Å². The topological polar surface area (TPSA) is 29.3 Å². The number of rotatable bonds is 3. The van der Waals surface area contributed by atoms with E-state index in [1.165, 1.54) is 18.6 Å². The van der Waals surface area contributed by atoms with Crippen molar-refractivity contribution in [3.05, 3.63) is 29.3 Å². The van der Waals surface area contributed by atoms with Gasteiger partial charge in [-0.05, 0) is 55.8 Å². The summed E-state index contributed by atoms with van der Waals surface area (Å²) in [6.45, 7) is 1.21. The number of benzene rings is 1. The van der Waals surface area contributed by atoms with Gasteiger partial charge in [-0.2, -0.15) is 0 Å². The van der Waals surface area contributed by atoms with E-state index in [0.29, 0.717) is 30.5 Å². The van der Waals surface area contributed by atoms with Gasteiger partial charge in [-0.15, -0.1) is 0 Å². The van der Waals surface area contributed by atoms with E-state index in [2.05, 4.69) is 0 Å². The standard InChI is InChI=1S/C14H18F2N2/c15-12-6-9(3-4-17)7-13(16)14(12)18-8-10-1-2-11(18)5-10/h6-7,10-11H,1-5,8,17H2. The van der Waals surface area contributed by atoms with E-state index in [-0.39, 0.29) is 5.69 Å². The van der Waals surface area contributed by atoms with Gasteiger partial charge in [0, 0.05) is 12.6 Å². The Morgan fingerprint density at radius 3 is 2.44 bits per heavy atom. The Kier molecular flexibility index (Phi) is 2.98. The Bertz CT molecular complexity index is 438. The van der Waals surface area contributed by atoms with Crippen molar-refractivity contribution in [3.8, 4) is 0 Å². The minimum absolute atomic E-state index is 0.169. The zero-order valence-electron chi connectivity index (χ0n) is 10.3. The van der Waals surface area contributed by atoms with Crippen LogP contribution in [0.3, 0.4) is 0 Å². The number of hydrogen-bond acceptors (Lipinski definition) is 2. The lowest BCUT2D eigenvalue weighted by atomic mass is 10.1. The predicted octanol–water partition coefficient (Wildman–Crippen LogP) is 2.45. The maximum absolute atomic E-state index is 14.1. The van der Waals surface area contributed by atoms with Gasteiger partial charge in [0.2, 0.25) is 0 Å². The van der Waals surface area contributed by atoms with Gasteiger partial charge in [-0.25, -0.2) is 8.78 Å². The first-order valence-corrected chi connectivity index (χ1v) is 6.63. The summed E-state index contributed by atoms with van der Waals surface area (Å²) < 4.78 is 28.2. The molecule has 1 aromatic rings. The van der Waals surface area contributed by atoms with E-state index in [1.54, 1.807) is 0 Å². The van der Waals surface area contributed by atoms with Crippen molar-refractivity contribution in [2.24, 2.45) is 11.7 Å². The second-order valence-corrected chi connectivity index (χ2v) is 5.43. The highest BCUT2D eigenvalue weighted by atomic mass is 19.1. The number of fused-ring (bicyclic) bond motifs is 2. The molecule has 0 spiro atoms. The van der Waals surface area contributed by atoms with Crippen LogP contribution < -0.4 is 10.6 Å². The van der Waals surface area contributed by atoms with Gasteiger partial charge in [-0.1, -0.05) is 0 Å². The van der Waals surface area contributed by atoms with Crippen LogP contribution in [0.1, 0.15) is 24.8 Å². The fourth-order valence-corrected chi connectivity index (χ4v) is 3.40. The molecule has 1 heterocycles. The normalized spacial score (nSPS) is 26.1. The fourth-order valence-electron chi connectivity index (χ4n) is 3.40. The molecule has 98 valence electrons. The summed E-state index contributed by atoms with van der Waals surface area (Å²) in [5, 5.41) is 0. The Balaban J connectivity index is 1.92. The lowest BCUT2D eigenvalue weighted by Gasteiger charge is -2.30. The van der Waals surface area contributed by atoms with Crippen LogP contribution in [0.25, 0.3) is 0 Å². The lowest BCUT2D eigenvalue weighted by Crippen LogP contribution is -2.33. The van der Waals surface area contributed by atoms with Crippen LogP contribution in [-0.2, 0) is 6.42 Å². The summed E-state index contributed by atoms with van der Waals surface area (Å²) in [7, 11) is 0. The number of nitrogens with two attached hydrogens (primary N) is 1. The maximum Gasteiger partial charge on any atom is 0.149 e. The smallest absolute Gasteiger partial charge is 0.149 e. The third kappa shape index (κ3) is 1.88. The molecule has 1 saturated carbocycles. The molecule has 0 amide bonds. The zero-order valence-corrected chi connectivity index (χ0v) is 10.3. The SMILES string of the molecule is NCCc1cc(F)c(N2CC3CCC2C3)c(F)c1. The quantitative estimate of drug-likeness (QED) is 0.895. The van der Waals surface area contributed by atoms with Crippen LogP contribution in [0.2, 0.25) is 0 Å². The van der Waals surface area contributed by atoms with E-state index in [9.17, 15) is 8.78 Å². The van der Waals surface area contributed by atoms with E-state index in [0.717, 1.165) is 19.4 Å². The number of piperidine rings is 1. The number of hydrogen-bond donors (Lipinski definition) is 1. The molecule has 2 unspecified atom stereocenters. The lowest BCUT2D eigenvalue weighted by molar-refractivity contribution is 0.519. The van der Waals surface area contributed by atoms with Crippen LogP contribution in [0.15, 0.2) is 12.1 Å². The third-order valence-corrected chi connectivity index (χ3v) is 4.21. The van der Waals surface area contributed by atoms with Gasteiger partial charge in [0.1, 0.15) is 17.3 Å². The molecule has 2 N–H and O–H groups in total. The number of nitrogens with zero attached hydrogens (tertiary/aromatic N) is 1. The number of halogens is 2. The molecule has 18 heavy (non-hydrogen) atoms. The first-order valence-electron chi connectivity index (χ1n) is 6.63. The Morgan fingerprint density at radius 1 is 1.22 bits per heavy atom. The minimum atomic E-state index is -0.439. The molecule has 1 saturated heterocycles. The molecule has 1 aliphatic heterocycles. The predicted molar refractivity (Wildman–Crippen MR) is 67.6 cm³/mol. The summed E-state index contributed by atoms with van der Waals surface area (Å²) in [5.74, 6) is -0.255. The van der Waals surface area contributed by atoms with Crippen molar-refractivity contribution in [2.75, 3.05) is 18.0 Å². The van der Waals surface area contributed by atoms with E-state index < -0.39 is 11.6 Å². The Hall–Kier alpha value is -1.16. The van der Waals surface area contributed by atoms with Gasteiger partial charge in [-0.3, -0.25) is 0 Å². The maximum atomic E-state index is 14.1. The monoisotopic (exact) mass is 252 g/mol. The van der Waals surface area contributed by atoms with Crippen LogP contribution in [0.4, 0.5) is 14.5 Å². The molecular weight excluding hydrogens is 234 g/mol. The first kappa shape index (κ1) is 11.9. The average molecular weight is 252 g/mol. The fraction of sp³-hybridized carbons (Fsp3) is 0.571. The number of anilines is 1. The zero-order chi connectivity index (χ0) is 12.7. The highest BCUT2D eigenvalue weighted by Gasteiger charge is 2.39. The van der Waals surface area contributed by atoms with Gasteiger partial charge in [0.15, 0.2) is 0 Å². The second kappa shape index (κ2) is 4.50. The Labute approximate surface area is 106 Å². The van der Waals surface area contributed by atoms with Gasteiger partial charge in [0.25, 0.3) is 0 Å². The van der Waals surface area contributed by atoms with Crippen molar-refractivity contribution >= 4 is 5.69 Å². The van der Waals surface area contributed by atoms with Crippen LogP contribution in [0.5, 0.6) is 0 Å². The van der Waals surface area contributed by atoms with Gasteiger partial charge < -0.3 is 10.6 Å². The van der Waals surface area contributed by atoms with E-state index in [1.807, 2.05) is 4.90 Å². The summed E-state index contributed by atoms with van der Waals surface area (Å²) in [4.78, 5) is 1.92. The molecule has 2 bridgehead atoms. The molecule has 4 heteroatoms. The minimum Gasteiger partial charge on any atom is -0.364 e. The molecule has 1 aromatic carbocycles. The molecule has 3 rings (SSSR count). The molecule has 1 aliphatic carbocycles. The van der Waals surface area contributed by atoms with Crippen molar-refractivity contribution in [2.45, 2.75) is 31.7 Å². The highest BCUT2D eigenvalue weighted by Crippen LogP contribution is 2.42. The molecule has 2 fully saturated rings. The first-order chi connectivity index (χ1) is 8.69. The van der Waals surface area contributed by atoms with Crippen molar-refractivity contribution in [3.63, 3.8) is 0 Å². The summed E-state index contributed by atoms with van der Waals surface area (Å²) in [6, 6.07) is 3.19. The molecule has 2 aliphatic rings. The summed E-state index contributed by atoms with van der Waals surface area (Å²) in [6.07, 6.45) is 3.87. The average Bonchev–Trinajstić information content (AvgIpc) is 2.90. The van der Waals surface area contributed by atoms with Crippen molar-refractivity contribution < 1.29 is 8.78 Å². The second-order valence-electron chi connectivity index (χ2n) is 5.43. The van der Waals surface area contributed by atoms with E-state index in [4.69, 9.17) is 5.73 Å².